The molecule has 0 bridgehead atoms. The number of hydrogen-bond donors (Lipinski definition) is 1. The van der Waals surface area contributed by atoms with Crippen molar-refractivity contribution in [3.05, 3.63) is 70.3 Å². The standard InChI is InChI=1S/C18H20N4O5S/c1-13(15-9-11-17(12-10-15)22(24)25)19-20-18(23)14(2)21(28(3,26)27)16-7-5-4-6-8-16/h4-12,14H,1-3H3,(H,20,23)/b19-13-/t14-/m0/s1. The predicted octanol–water partition coefficient (Wildman–Crippen LogP) is 2.29. The van der Waals surface area contributed by atoms with E-state index in [1.54, 1.807) is 37.3 Å². The number of amides is 1. The Morgan fingerprint density at radius 2 is 1.71 bits per heavy atom. The van der Waals surface area contributed by atoms with Gasteiger partial charge in [0.15, 0.2) is 0 Å². The molecule has 2 aromatic carbocycles. The highest BCUT2D eigenvalue weighted by molar-refractivity contribution is 7.92. The van der Waals surface area contributed by atoms with Crippen LogP contribution in [0.5, 0.6) is 0 Å². The van der Waals surface area contributed by atoms with Crippen molar-refractivity contribution < 1.29 is 18.1 Å². The molecule has 1 atom stereocenters. The van der Waals surface area contributed by atoms with Gasteiger partial charge in [-0.2, -0.15) is 5.10 Å². The Balaban J connectivity index is 2.17. The van der Waals surface area contributed by atoms with Crippen LogP contribution >= 0.6 is 0 Å². The molecule has 28 heavy (non-hydrogen) atoms. The summed E-state index contributed by atoms with van der Waals surface area (Å²) in [5, 5.41) is 14.7. The number of carbonyl (C=O) groups is 1. The first-order valence-electron chi connectivity index (χ1n) is 8.24. The Labute approximate surface area is 162 Å². The summed E-state index contributed by atoms with van der Waals surface area (Å²) in [4.78, 5) is 22.7. The number of nitro groups is 1. The fourth-order valence-electron chi connectivity index (χ4n) is 2.50. The van der Waals surface area contributed by atoms with Gasteiger partial charge in [-0.15, -0.1) is 0 Å². The summed E-state index contributed by atoms with van der Waals surface area (Å²) in [5.74, 6) is -0.615. The van der Waals surface area contributed by atoms with E-state index in [2.05, 4.69) is 10.5 Å². The number of benzene rings is 2. The third-order valence-electron chi connectivity index (χ3n) is 3.93. The van der Waals surface area contributed by atoms with Crippen LogP contribution in [-0.4, -0.2) is 37.3 Å². The molecule has 0 aliphatic carbocycles. The quantitative estimate of drug-likeness (QED) is 0.431. The number of sulfonamides is 1. The highest BCUT2D eigenvalue weighted by Crippen LogP contribution is 2.20. The first-order valence-corrected chi connectivity index (χ1v) is 10.1. The molecule has 0 fully saturated rings. The summed E-state index contributed by atoms with van der Waals surface area (Å²) < 4.78 is 25.4. The van der Waals surface area contributed by atoms with Crippen LogP contribution in [-0.2, 0) is 14.8 Å². The third-order valence-corrected chi connectivity index (χ3v) is 5.17. The van der Waals surface area contributed by atoms with Gasteiger partial charge < -0.3 is 0 Å². The number of hydrogen-bond acceptors (Lipinski definition) is 6. The van der Waals surface area contributed by atoms with Crippen molar-refractivity contribution in [2.75, 3.05) is 10.6 Å². The summed E-state index contributed by atoms with van der Waals surface area (Å²) in [5.41, 5.74) is 3.66. The molecule has 0 heterocycles. The molecular weight excluding hydrogens is 384 g/mol. The van der Waals surface area contributed by atoms with Crippen molar-refractivity contribution in [1.29, 1.82) is 0 Å². The van der Waals surface area contributed by atoms with Gasteiger partial charge >= 0.3 is 0 Å². The first kappa shape index (κ1) is 21.0. The zero-order valence-corrected chi connectivity index (χ0v) is 16.4. The Hall–Kier alpha value is -3.27. The summed E-state index contributed by atoms with van der Waals surface area (Å²) in [6.07, 6.45) is 1.02. The van der Waals surface area contributed by atoms with Crippen LogP contribution in [0.25, 0.3) is 0 Å². The van der Waals surface area contributed by atoms with Crippen molar-refractivity contribution in [1.82, 2.24) is 5.43 Å². The molecule has 0 spiro atoms. The van der Waals surface area contributed by atoms with E-state index in [0.717, 1.165) is 10.6 Å². The van der Waals surface area contributed by atoms with Crippen LogP contribution in [0.4, 0.5) is 11.4 Å². The molecule has 0 saturated heterocycles. The average Bonchev–Trinajstić information content (AvgIpc) is 2.65. The van der Waals surface area contributed by atoms with E-state index < -0.39 is 26.9 Å². The predicted molar refractivity (Wildman–Crippen MR) is 107 cm³/mol. The maximum absolute atomic E-state index is 12.5. The second-order valence-electron chi connectivity index (χ2n) is 6.05. The average molecular weight is 404 g/mol. The van der Waals surface area contributed by atoms with Crippen molar-refractivity contribution >= 4 is 33.0 Å². The fourth-order valence-corrected chi connectivity index (χ4v) is 3.68. The number of anilines is 1. The molecule has 0 saturated carbocycles. The van der Waals surface area contributed by atoms with Crippen LogP contribution in [0.2, 0.25) is 0 Å². The summed E-state index contributed by atoms with van der Waals surface area (Å²) in [7, 11) is -3.71. The van der Waals surface area contributed by atoms with E-state index in [9.17, 15) is 23.3 Å². The second kappa shape index (κ2) is 8.61. The van der Waals surface area contributed by atoms with Crippen LogP contribution < -0.4 is 9.73 Å². The second-order valence-corrected chi connectivity index (χ2v) is 7.91. The van der Waals surface area contributed by atoms with E-state index in [4.69, 9.17) is 0 Å². The van der Waals surface area contributed by atoms with E-state index in [1.165, 1.54) is 31.2 Å². The minimum atomic E-state index is -3.71. The molecule has 148 valence electrons. The Morgan fingerprint density at radius 1 is 1.14 bits per heavy atom. The topological polar surface area (TPSA) is 122 Å². The minimum absolute atomic E-state index is 0.0548. The van der Waals surface area contributed by atoms with Gasteiger partial charge in [-0.3, -0.25) is 19.2 Å². The van der Waals surface area contributed by atoms with Crippen LogP contribution in [0.1, 0.15) is 19.4 Å². The molecular formula is C18H20N4O5S. The molecule has 0 aromatic heterocycles. The lowest BCUT2D eigenvalue weighted by Crippen LogP contribution is -2.46. The molecule has 2 aromatic rings. The lowest BCUT2D eigenvalue weighted by atomic mass is 10.1. The van der Waals surface area contributed by atoms with Crippen molar-refractivity contribution in [3.8, 4) is 0 Å². The zero-order valence-electron chi connectivity index (χ0n) is 15.6. The number of carbonyl (C=O) groups excluding carboxylic acids is 1. The van der Waals surface area contributed by atoms with Gasteiger partial charge in [0, 0.05) is 12.1 Å². The van der Waals surface area contributed by atoms with Crippen LogP contribution in [0.15, 0.2) is 59.7 Å². The molecule has 1 amide bonds. The number of nitrogens with one attached hydrogen (secondary N) is 1. The van der Waals surface area contributed by atoms with E-state index in [0.29, 0.717) is 17.0 Å². The summed E-state index contributed by atoms with van der Waals surface area (Å²) >= 11 is 0. The van der Waals surface area contributed by atoms with E-state index >= 15 is 0 Å². The number of nitro benzene ring substituents is 1. The molecule has 0 unspecified atom stereocenters. The van der Waals surface area contributed by atoms with Crippen LogP contribution in [0, 0.1) is 10.1 Å². The molecule has 2 rings (SSSR count). The minimum Gasteiger partial charge on any atom is -0.271 e. The van der Waals surface area contributed by atoms with Gasteiger partial charge in [-0.25, -0.2) is 13.8 Å². The Bertz CT molecular complexity index is 988. The zero-order chi connectivity index (χ0) is 20.9. The van der Waals surface area contributed by atoms with Crippen molar-refractivity contribution in [3.63, 3.8) is 0 Å². The number of hydrazone groups is 1. The van der Waals surface area contributed by atoms with Gasteiger partial charge in [0.25, 0.3) is 11.6 Å². The normalized spacial score (nSPS) is 12.9. The Kier molecular flexibility index (Phi) is 6.47. The molecule has 0 aliphatic rings. The van der Waals surface area contributed by atoms with Gasteiger partial charge in [0.1, 0.15) is 6.04 Å². The lowest BCUT2D eigenvalue weighted by Gasteiger charge is -2.27. The summed E-state index contributed by atoms with van der Waals surface area (Å²) in [6, 6.07) is 12.9. The van der Waals surface area contributed by atoms with Gasteiger partial charge in [-0.05, 0) is 43.7 Å². The van der Waals surface area contributed by atoms with Gasteiger partial charge in [0.05, 0.1) is 22.6 Å². The first-order chi connectivity index (χ1) is 13.1. The smallest absolute Gasteiger partial charge is 0.269 e. The lowest BCUT2D eigenvalue weighted by molar-refractivity contribution is -0.384. The highest BCUT2D eigenvalue weighted by atomic mass is 32.2. The molecule has 9 nitrogen and oxygen atoms in total. The molecule has 10 heteroatoms. The highest BCUT2D eigenvalue weighted by Gasteiger charge is 2.28. The number of rotatable bonds is 7. The van der Waals surface area contributed by atoms with E-state index in [1.807, 2.05) is 0 Å². The number of nitrogens with zero attached hydrogens (tertiary/aromatic N) is 3. The monoisotopic (exact) mass is 404 g/mol. The Morgan fingerprint density at radius 3 is 2.21 bits per heavy atom. The molecule has 1 N–H and O–H groups in total. The largest absolute Gasteiger partial charge is 0.271 e. The SMILES string of the molecule is C/C(=N/NC(=O)[C@H](C)N(c1ccccc1)S(C)(=O)=O)c1ccc([N+](=O)[O-])cc1. The maximum Gasteiger partial charge on any atom is 0.269 e. The van der Waals surface area contributed by atoms with E-state index in [-0.39, 0.29) is 5.69 Å². The summed E-state index contributed by atoms with van der Waals surface area (Å²) in [6.45, 7) is 3.08. The van der Waals surface area contributed by atoms with Crippen molar-refractivity contribution in [2.45, 2.75) is 19.9 Å². The third kappa shape index (κ3) is 5.13. The number of para-hydroxylation sites is 1. The van der Waals surface area contributed by atoms with Gasteiger partial charge in [-0.1, -0.05) is 18.2 Å². The maximum atomic E-state index is 12.5. The fraction of sp³-hybridized carbons (Fsp3) is 0.222. The van der Waals surface area contributed by atoms with Crippen molar-refractivity contribution in [2.24, 2.45) is 5.10 Å². The molecule has 0 radical (unpaired) electrons. The van der Waals surface area contributed by atoms with Crippen LogP contribution in [0.3, 0.4) is 0 Å². The molecule has 0 aliphatic heterocycles. The number of non-ortho nitro benzene ring substituents is 1. The van der Waals surface area contributed by atoms with Gasteiger partial charge in [0.2, 0.25) is 10.0 Å².